The van der Waals surface area contributed by atoms with Crippen molar-refractivity contribution < 1.29 is 26.7 Å². The molecule has 0 spiro atoms. The molecule has 10 heteroatoms. The summed E-state index contributed by atoms with van der Waals surface area (Å²) >= 11 is 0. The van der Waals surface area contributed by atoms with E-state index in [2.05, 4.69) is 15.3 Å². The van der Waals surface area contributed by atoms with Crippen LogP contribution >= 0.6 is 12.4 Å². The fourth-order valence-electron chi connectivity index (χ4n) is 2.15. The van der Waals surface area contributed by atoms with Crippen LogP contribution in [0.4, 0.5) is 22.0 Å². The summed E-state index contributed by atoms with van der Waals surface area (Å²) in [5.41, 5.74) is -0.279. The van der Waals surface area contributed by atoms with Crippen LogP contribution in [0.5, 0.6) is 0 Å². The molecule has 0 saturated carbocycles. The van der Waals surface area contributed by atoms with Gasteiger partial charge in [0.1, 0.15) is 11.4 Å². The molecular formula is C15H9ClF5N3O. The second kappa shape index (κ2) is 7.06. The summed E-state index contributed by atoms with van der Waals surface area (Å²) in [5, 5.41) is 2.06. The molecule has 2 aromatic carbocycles. The highest BCUT2D eigenvalue weighted by Crippen LogP contribution is 2.23. The third-order valence-corrected chi connectivity index (χ3v) is 3.29. The number of hydrogen-bond acceptors (Lipinski definition) is 2. The molecule has 0 aliphatic heterocycles. The van der Waals surface area contributed by atoms with Crippen LogP contribution in [0, 0.1) is 29.1 Å². The lowest BCUT2D eigenvalue weighted by atomic mass is 10.1. The fourth-order valence-corrected chi connectivity index (χ4v) is 2.15. The molecule has 1 heterocycles. The molecule has 3 rings (SSSR count). The molecule has 25 heavy (non-hydrogen) atoms. The second-order valence-corrected chi connectivity index (χ2v) is 4.83. The van der Waals surface area contributed by atoms with E-state index in [9.17, 15) is 26.7 Å². The average molecular weight is 378 g/mol. The third-order valence-electron chi connectivity index (χ3n) is 3.29. The monoisotopic (exact) mass is 377 g/mol. The first-order chi connectivity index (χ1) is 11.4. The van der Waals surface area contributed by atoms with Gasteiger partial charge in [-0.3, -0.25) is 4.79 Å². The number of benzene rings is 2. The second-order valence-electron chi connectivity index (χ2n) is 4.83. The SMILES string of the molecule is Cl.O=C(NCc1nc2ccccc2[nH]1)c1c(F)c(F)c(F)c(F)c1F. The number of para-hydroxylation sites is 2. The van der Waals surface area contributed by atoms with Crippen LogP contribution in [0.2, 0.25) is 0 Å². The molecule has 3 aromatic rings. The Balaban J connectivity index is 0.00000225. The highest BCUT2D eigenvalue weighted by Gasteiger charge is 2.29. The molecule has 4 nitrogen and oxygen atoms in total. The quantitative estimate of drug-likeness (QED) is 0.416. The van der Waals surface area contributed by atoms with E-state index >= 15 is 0 Å². The number of fused-ring (bicyclic) bond motifs is 1. The van der Waals surface area contributed by atoms with E-state index < -0.39 is 40.6 Å². The van der Waals surface area contributed by atoms with Crippen molar-refractivity contribution in [2.75, 3.05) is 0 Å². The highest BCUT2D eigenvalue weighted by atomic mass is 35.5. The number of aromatic nitrogens is 2. The Morgan fingerprint density at radius 2 is 1.52 bits per heavy atom. The number of carbonyl (C=O) groups excluding carboxylic acids is 1. The lowest BCUT2D eigenvalue weighted by Crippen LogP contribution is -2.27. The zero-order valence-corrected chi connectivity index (χ0v) is 13.0. The van der Waals surface area contributed by atoms with Crippen molar-refractivity contribution >= 4 is 29.3 Å². The number of H-pyrrole nitrogens is 1. The predicted octanol–water partition coefficient (Wildman–Crippen LogP) is 3.61. The van der Waals surface area contributed by atoms with Gasteiger partial charge in [0.2, 0.25) is 5.82 Å². The summed E-state index contributed by atoms with van der Waals surface area (Å²) < 4.78 is 66.3. The van der Waals surface area contributed by atoms with Gasteiger partial charge in [0.25, 0.3) is 5.91 Å². The van der Waals surface area contributed by atoms with Gasteiger partial charge in [-0.2, -0.15) is 0 Å². The van der Waals surface area contributed by atoms with Crippen molar-refractivity contribution in [3.63, 3.8) is 0 Å². The Bertz CT molecular complexity index is 898. The predicted molar refractivity (Wildman–Crippen MR) is 80.7 cm³/mol. The summed E-state index contributed by atoms with van der Waals surface area (Å²) in [5.74, 6) is -12.2. The van der Waals surface area contributed by atoms with Crippen molar-refractivity contribution in [3.8, 4) is 0 Å². The molecule has 0 aliphatic carbocycles. The maximum atomic E-state index is 13.5. The molecule has 0 saturated heterocycles. The van der Waals surface area contributed by atoms with Gasteiger partial charge >= 0.3 is 0 Å². The van der Waals surface area contributed by atoms with E-state index in [1.54, 1.807) is 24.3 Å². The van der Waals surface area contributed by atoms with Crippen molar-refractivity contribution in [1.29, 1.82) is 0 Å². The van der Waals surface area contributed by atoms with Gasteiger partial charge in [0, 0.05) is 0 Å². The first-order valence-electron chi connectivity index (χ1n) is 6.63. The Hall–Kier alpha value is -2.68. The zero-order valence-electron chi connectivity index (χ0n) is 12.2. The average Bonchev–Trinajstić information content (AvgIpc) is 2.99. The number of carbonyl (C=O) groups is 1. The highest BCUT2D eigenvalue weighted by molar-refractivity contribution is 5.94. The van der Waals surface area contributed by atoms with Crippen molar-refractivity contribution in [2.24, 2.45) is 0 Å². The molecule has 0 bridgehead atoms. The molecule has 2 N–H and O–H groups in total. The van der Waals surface area contributed by atoms with Gasteiger partial charge < -0.3 is 10.3 Å². The van der Waals surface area contributed by atoms with Crippen molar-refractivity contribution in [1.82, 2.24) is 15.3 Å². The molecule has 1 amide bonds. The molecule has 0 aliphatic rings. The zero-order chi connectivity index (χ0) is 17.4. The van der Waals surface area contributed by atoms with E-state index in [0.29, 0.717) is 11.0 Å². The number of rotatable bonds is 3. The fraction of sp³-hybridized carbons (Fsp3) is 0.0667. The van der Waals surface area contributed by atoms with Gasteiger partial charge in [-0.25, -0.2) is 26.9 Å². The van der Waals surface area contributed by atoms with E-state index in [0.717, 1.165) is 0 Å². The Morgan fingerprint density at radius 1 is 0.960 bits per heavy atom. The smallest absolute Gasteiger partial charge is 0.257 e. The molecule has 0 atom stereocenters. The number of imidazole rings is 1. The Kier molecular flexibility index (Phi) is 5.27. The number of amides is 1. The molecule has 0 unspecified atom stereocenters. The van der Waals surface area contributed by atoms with Crippen molar-refractivity contribution in [3.05, 3.63) is 64.7 Å². The van der Waals surface area contributed by atoms with Crippen LogP contribution in [-0.2, 0) is 6.54 Å². The third kappa shape index (κ3) is 3.27. The van der Waals surface area contributed by atoms with Crippen molar-refractivity contribution in [2.45, 2.75) is 6.54 Å². The van der Waals surface area contributed by atoms with E-state index in [1.165, 1.54) is 0 Å². The lowest BCUT2D eigenvalue weighted by molar-refractivity contribution is 0.0938. The topological polar surface area (TPSA) is 57.8 Å². The maximum Gasteiger partial charge on any atom is 0.257 e. The summed E-state index contributed by atoms with van der Waals surface area (Å²) in [6.07, 6.45) is 0. The maximum absolute atomic E-state index is 13.5. The normalized spacial score (nSPS) is 10.6. The summed E-state index contributed by atoms with van der Waals surface area (Å²) in [7, 11) is 0. The van der Waals surface area contributed by atoms with E-state index in [1.807, 2.05) is 0 Å². The molecule has 0 fully saturated rings. The minimum absolute atomic E-state index is 0. The van der Waals surface area contributed by atoms with Crippen LogP contribution in [0.15, 0.2) is 24.3 Å². The Morgan fingerprint density at radius 3 is 2.12 bits per heavy atom. The molecular weight excluding hydrogens is 369 g/mol. The van der Waals surface area contributed by atoms with Crippen LogP contribution in [-0.4, -0.2) is 15.9 Å². The van der Waals surface area contributed by atoms with Gasteiger partial charge in [0.05, 0.1) is 17.6 Å². The van der Waals surface area contributed by atoms with Crippen LogP contribution in [0.1, 0.15) is 16.2 Å². The number of nitrogens with one attached hydrogen (secondary N) is 2. The van der Waals surface area contributed by atoms with E-state index in [4.69, 9.17) is 0 Å². The first kappa shape index (κ1) is 18.7. The summed E-state index contributed by atoms with van der Waals surface area (Å²) in [6, 6.07) is 6.90. The molecule has 132 valence electrons. The number of hydrogen-bond donors (Lipinski definition) is 2. The number of aromatic amines is 1. The van der Waals surface area contributed by atoms with Crippen LogP contribution in [0.25, 0.3) is 11.0 Å². The number of nitrogens with zero attached hydrogens (tertiary/aromatic N) is 1. The lowest BCUT2D eigenvalue weighted by Gasteiger charge is -2.08. The summed E-state index contributed by atoms with van der Waals surface area (Å²) in [4.78, 5) is 18.8. The van der Waals surface area contributed by atoms with E-state index in [-0.39, 0.29) is 24.8 Å². The minimum atomic E-state index is -2.32. The van der Waals surface area contributed by atoms with Gasteiger partial charge in [-0.05, 0) is 12.1 Å². The van der Waals surface area contributed by atoms with Gasteiger partial charge in [0.15, 0.2) is 23.3 Å². The summed E-state index contributed by atoms with van der Waals surface area (Å²) in [6.45, 7) is -0.285. The van der Waals surface area contributed by atoms with Gasteiger partial charge in [-0.1, -0.05) is 12.1 Å². The van der Waals surface area contributed by atoms with Gasteiger partial charge in [-0.15, -0.1) is 12.4 Å². The Labute approximate surface area is 143 Å². The number of halogens is 6. The molecule has 0 radical (unpaired) electrons. The first-order valence-corrected chi connectivity index (χ1v) is 6.63. The molecule has 1 aromatic heterocycles. The van der Waals surface area contributed by atoms with Crippen LogP contribution < -0.4 is 5.32 Å². The standard InChI is InChI=1S/C15H8F5N3O.ClH/c16-10-9(11(17)13(19)14(20)12(10)18)15(24)21-5-8-22-6-3-1-2-4-7(6)23-8;/h1-4H,5H2,(H,21,24)(H,22,23);1H. The largest absolute Gasteiger partial charge is 0.345 e. The minimum Gasteiger partial charge on any atom is -0.345 e. The van der Waals surface area contributed by atoms with Crippen LogP contribution in [0.3, 0.4) is 0 Å².